The molecule has 0 spiro atoms. The Morgan fingerprint density at radius 1 is 1.26 bits per heavy atom. The van der Waals surface area contributed by atoms with E-state index in [1.165, 1.54) is 0 Å². The molecule has 0 aliphatic heterocycles. The maximum atomic E-state index is 9.38. The number of aliphatic hydroxyl groups is 1. The number of ether oxygens (including phenoxy) is 2. The molecule has 0 saturated carbocycles. The van der Waals surface area contributed by atoms with E-state index in [4.69, 9.17) is 9.47 Å². The number of thiophene rings is 1. The Kier molecular flexibility index (Phi) is 5.24. The van der Waals surface area contributed by atoms with Crippen LogP contribution in [0, 0.1) is 0 Å². The molecule has 2 aromatic rings. The Bertz CT molecular complexity index is 539. The molecule has 0 unspecified atom stereocenters. The first-order valence-corrected chi connectivity index (χ1v) is 7.63. The minimum Gasteiger partial charge on any atom is -0.490 e. The summed E-state index contributed by atoms with van der Waals surface area (Å²) in [6.45, 7) is 2.87. The molecule has 1 aromatic heterocycles. The van der Waals surface area contributed by atoms with E-state index in [9.17, 15) is 5.11 Å². The summed E-state index contributed by atoms with van der Waals surface area (Å²) < 4.78 is 12.4. The number of halogens is 1. The summed E-state index contributed by atoms with van der Waals surface area (Å²) in [6, 6.07) is 7.53. The van der Waals surface area contributed by atoms with Crippen molar-refractivity contribution in [2.24, 2.45) is 0 Å². The molecule has 5 heteroatoms. The van der Waals surface area contributed by atoms with E-state index < -0.39 is 0 Å². The first-order chi connectivity index (χ1) is 9.26. The van der Waals surface area contributed by atoms with E-state index in [1.807, 2.05) is 36.6 Å². The van der Waals surface area contributed by atoms with E-state index >= 15 is 0 Å². The third-order valence-electron chi connectivity index (χ3n) is 2.57. The van der Waals surface area contributed by atoms with E-state index in [-0.39, 0.29) is 6.61 Å². The quantitative estimate of drug-likeness (QED) is 0.862. The van der Waals surface area contributed by atoms with Crippen LogP contribution in [0.15, 0.2) is 34.1 Å². The van der Waals surface area contributed by atoms with Gasteiger partial charge in [-0.05, 0) is 40.4 Å². The topological polar surface area (TPSA) is 38.7 Å². The third-order valence-corrected chi connectivity index (χ3v) is 4.47. The molecule has 0 radical (unpaired) electrons. The van der Waals surface area contributed by atoms with Crippen LogP contribution in [0.3, 0.4) is 0 Å². The minimum absolute atomic E-state index is 0.0676. The molecule has 0 aliphatic rings. The highest BCUT2D eigenvalue weighted by atomic mass is 79.9. The van der Waals surface area contributed by atoms with Gasteiger partial charge in [0.15, 0.2) is 11.5 Å². The molecule has 102 valence electrons. The van der Waals surface area contributed by atoms with Crippen molar-refractivity contribution >= 4 is 27.3 Å². The lowest BCUT2D eigenvalue weighted by molar-refractivity contribution is 0.244. The normalized spacial score (nSPS) is 10.5. The zero-order valence-corrected chi connectivity index (χ0v) is 13.0. The number of rotatable bonds is 6. The third kappa shape index (κ3) is 3.49. The maximum absolute atomic E-state index is 9.38. The zero-order chi connectivity index (χ0) is 13.7. The Balaban J connectivity index is 2.20. The summed E-state index contributed by atoms with van der Waals surface area (Å²) in [7, 11) is 0. The van der Waals surface area contributed by atoms with Crippen LogP contribution in [0.5, 0.6) is 11.5 Å². The molecular weight excluding hydrogens is 328 g/mol. The second-order valence-electron chi connectivity index (χ2n) is 3.82. The lowest BCUT2D eigenvalue weighted by atomic mass is 10.2. The number of hydrogen-bond acceptors (Lipinski definition) is 4. The van der Waals surface area contributed by atoms with E-state index in [0.29, 0.717) is 24.7 Å². The van der Waals surface area contributed by atoms with Gasteiger partial charge in [0.1, 0.15) is 6.61 Å². The van der Waals surface area contributed by atoms with Crippen molar-refractivity contribution in [3.05, 3.63) is 44.6 Å². The van der Waals surface area contributed by atoms with Gasteiger partial charge in [0.05, 0.1) is 18.1 Å². The monoisotopic (exact) mass is 342 g/mol. The first-order valence-electron chi connectivity index (χ1n) is 5.96. The summed E-state index contributed by atoms with van der Waals surface area (Å²) in [5, 5.41) is 11.4. The van der Waals surface area contributed by atoms with Crippen molar-refractivity contribution in [1.29, 1.82) is 0 Å². The molecule has 0 amide bonds. The lowest BCUT2D eigenvalue weighted by Gasteiger charge is -2.14. The van der Waals surface area contributed by atoms with Crippen LogP contribution >= 0.6 is 27.3 Å². The number of benzene rings is 1. The van der Waals surface area contributed by atoms with Crippen molar-refractivity contribution < 1.29 is 14.6 Å². The van der Waals surface area contributed by atoms with E-state index in [1.54, 1.807) is 11.3 Å². The van der Waals surface area contributed by atoms with Gasteiger partial charge in [-0.15, -0.1) is 11.3 Å². The predicted molar refractivity (Wildman–Crippen MR) is 79.9 cm³/mol. The Labute approximate surface area is 124 Å². The van der Waals surface area contributed by atoms with Gasteiger partial charge in [0.25, 0.3) is 0 Å². The largest absolute Gasteiger partial charge is 0.490 e. The van der Waals surface area contributed by atoms with Crippen molar-refractivity contribution in [1.82, 2.24) is 0 Å². The summed E-state index contributed by atoms with van der Waals surface area (Å²) in [6.07, 6.45) is 0. The van der Waals surface area contributed by atoms with Gasteiger partial charge in [0.2, 0.25) is 0 Å². The number of para-hydroxylation sites is 1. The molecule has 3 nitrogen and oxygen atoms in total. The Morgan fingerprint density at radius 2 is 2.11 bits per heavy atom. The second kappa shape index (κ2) is 6.93. The van der Waals surface area contributed by atoms with Gasteiger partial charge in [-0.25, -0.2) is 0 Å². The summed E-state index contributed by atoms with van der Waals surface area (Å²) >= 11 is 5.10. The SMILES string of the molecule is CCOc1cccc(CO)c1OCc1sccc1Br. The average molecular weight is 343 g/mol. The summed E-state index contributed by atoms with van der Waals surface area (Å²) in [4.78, 5) is 1.11. The van der Waals surface area contributed by atoms with Gasteiger partial charge in [-0.2, -0.15) is 0 Å². The molecule has 19 heavy (non-hydrogen) atoms. The standard InChI is InChI=1S/C14H15BrO3S/c1-2-17-12-5-3-4-10(8-16)14(12)18-9-13-11(15)6-7-19-13/h3-7,16H,2,8-9H2,1H3. The highest BCUT2D eigenvalue weighted by Gasteiger charge is 2.11. The number of aliphatic hydroxyl groups excluding tert-OH is 1. The highest BCUT2D eigenvalue weighted by molar-refractivity contribution is 9.10. The Hall–Kier alpha value is -1.04. The fourth-order valence-corrected chi connectivity index (χ4v) is 3.06. The van der Waals surface area contributed by atoms with E-state index in [0.717, 1.165) is 14.9 Å². The summed E-state index contributed by atoms with van der Waals surface area (Å²) in [5.41, 5.74) is 0.735. The van der Waals surface area contributed by atoms with Crippen molar-refractivity contribution in [2.45, 2.75) is 20.1 Å². The predicted octanol–water partition coefficient (Wildman–Crippen LogP) is 3.98. The minimum atomic E-state index is -0.0676. The maximum Gasteiger partial charge on any atom is 0.167 e. The van der Waals surface area contributed by atoms with Crippen LogP contribution in [-0.2, 0) is 13.2 Å². The summed E-state index contributed by atoms with van der Waals surface area (Å²) in [5.74, 6) is 1.29. The van der Waals surface area contributed by atoms with Crippen molar-refractivity contribution in [3.63, 3.8) is 0 Å². The van der Waals surface area contributed by atoms with Gasteiger partial charge in [0, 0.05) is 10.0 Å². The molecule has 1 N–H and O–H groups in total. The molecule has 0 aliphatic carbocycles. The fraction of sp³-hybridized carbons (Fsp3) is 0.286. The number of hydrogen-bond donors (Lipinski definition) is 1. The van der Waals surface area contributed by atoms with E-state index in [2.05, 4.69) is 15.9 Å². The smallest absolute Gasteiger partial charge is 0.167 e. The van der Waals surface area contributed by atoms with Gasteiger partial charge in [-0.3, -0.25) is 0 Å². The van der Waals surface area contributed by atoms with Crippen LogP contribution in [0.25, 0.3) is 0 Å². The average Bonchev–Trinajstić information content (AvgIpc) is 2.83. The molecule has 1 heterocycles. The van der Waals surface area contributed by atoms with Crippen LogP contribution in [0.2, 0.25) is 0 Å². The van der Waals surface area contributed by atoms with Gasteiger partial charge < -0.3 is 14.6 Å². The fourth-order valence-electron chi connectivity index (χ4n) is 1.68. The zero-order valence-electron chi connectivity index (χ0n) is 10.6. The van der Waals surface area contributed by atoms with Crippen LogP contribution in [-0.4, -0.2) is 11.7 Å². The molecule has 0 atom stereocenters. The lowest BCUT2D eigenvalue weighted by Crippen LogP contribution is -2.02. The van der Waals surface area contributed by atoms with Crippen molar-refractivity contribution in [3.8, 4) is 11.5 Å². The molecule has 0 bridgehead atoms. The highest BCUT2D eigenvalue weighted by Crippen LogP contribution is 2.33. The van der Waals surface area contributed by atoms with Crippen LogP contribution in [0.4, 0.5) is 0 Å². The molecular formula is C14H15BrO3S. The molecule has 1 aromatic carbocycles. The van der Waals surface area contributed by atoms with Gasteiger partial charge >= 0.3 is 0 Å². The molecule has 0 fully saturated rings. The first kappa shape index (κ1) is 14.4. The van der Waals surface area contributed by atoms with Gasteiger partial charge in [-0.1, -0.05) is 12.1 Å². The van der Waals surface area contributed by atoms with Crippen LogP contribution < -0.4 is 9.47 Å². The second-order valence-corrected chi connectivity index (χ2v) is 5.67. The molecule has 0 saturated heterocycles. The Morgan fingerprint density at radius 3 is 2.74 bits per heavy atom. The van der Waals surface area contributed by atoms with Crippen LogP contribution in [0.1, 0.15) is 17.4 Å². The van der Waals surface area contributed by atoms with Crippen molar-refractivity contribution in [2.75, 3.05) is 6.61 Å². The molecule has 2 rings (SSSR count).